The summed E-state index contributed by atoms with van der Waals surface area (Å²) in [6.07, 6.45) is 5.31. The molecular formula is C28H32N2O. The molecule has 0 aromatic heterocycles. The van der Waals surface area contributed by atoms with Crippen molar-refractivity contribution in [3.05, 3.63) is 83.9 Å². The minimum Gasteiger partial charge on any atom is -0.338 e. The topological polar surface area (TPSA) is 23.6 Å². The van der Waals surface area contributed by atoms with E-state index in [9.17, 15) is 4.79 Å². The predicted molar refractivity (Wildman–Crippen MR) is 127 cm³/mol. The number of amides is 1. The highest BCUT2D eigenvalue weighted by molar-refractivity contribution is 5.85. The van der Waals surface area contributed by atoms with Crippen LogP contribution in [0.2, 0.25) is 0 Å². The van der Waals surface area contributed by atoms with E-state index >= 15 is 0 Å². The number of carbonyl (C=O) groups is 1. The maximum atomic E-state index is 13.6. The molecule has 2 aliphatic heterocycles. The van der Waals surface area contributed by atoms with Crippen LogP contribution < -0.4 is 0 Å². The van der Waals surface area contributed by atoms with E-state index in [0.29, 0.717) is 12.3 Å². The lowest BCUT2D eigenvalue weighted by atomic mass is 9.82. The molecule has 2 fully saturated rings. The first-order chi connectivity index (χ1) is 15.3. The van der Waals surface area contributed by atoms with E-state index in [1.54, 1.807) is 0 Å². The lowest BCUT2D eigenvalue weighted by Gasteiger charge is -2.43. The quantitative estimate of drug-likeness (QED) is 0.571. The molecule has 0 radical (unpaired) electrons. The predicted octanol–water partition coefficient (Wildman–Crippen LogP) is 5.25. The summed E-state index contributed by atoms with van der Waals surface area (Å²) >= 11 is 0. The number of piperidine rings is 1. The lowest BCUT2D eigenvalue weighted by Crippen LogP contribution is -2.52. The number of rotatable bonds is 5. The van der Waals surface area contributed by atoms with Gasteiger partial charge in [0.2, 0.25) is 5.91 Å². The highest BCUT2D eigenvalue weighted by atomic mass is 16.2. The van der Waals surface area contributed by atoms with Crippen molar-refractivity contribution in [1.29, 1.82) is 0 Å². The van der Waals surface area contributed by atoms with E-state index in [1.165, 1.54) is 48.7 Å². The van der Waals surface area contributed by atoms with E-state index in [4.69, 9.17) is 0 Å². The second-order valence-corrected chi connectivity index (χ2v) is 9.18. The van der Waals surface area contributed by atoms with Crippen LogP contribution >= 0.6 is 0 Å². The first-order valence-electron chi connectivity index (χ1n) is 11.8. The third kappa shape index (κ3) is 4.52. The molecule has 2 saturated heterocycles. The fraction of sp³-hybridized carbons (Fsp3) is 0.393. The van der Waals surface area contributed by atoms with Gasteiger partial charge in [-0.2, -0.15) is 0 Å². The van der Waals surface area contributed by atoms with Gasteiger partial charge in [0.05, 0.1) is 12.5 Å². The molecule has 0 unspecified atom stereocenters. The van der Waals surface area contributed by atoms with Gasteiger partial charge in [-0.3, -0.25) is 4.79 Å². The van der Waals surface area contributed by atoms with Crippen molar-refractivity contribution in [3.63, 3.8) is 0 Å². The molecule has 1 amide bonds. The van der Waals surface area contributed by atoms with Gasteiger partial charge >= 0.3 is 0 Å². The Kier molecular flexibility index (Phi) is 6.04. The standard InChI is InChI=1S/C28H32N2O/c31-28(20-22-14-15-23-9-4-5-12-25(23)19-22)30-18-8-13-26(24-10-2-1-3-11-24)27(30)21-29-16-6-7-17-29/h1-5,9-12,14-15,19,26-27H,6-8,13,16-18,20-21H2/t26-,27+/m1/s1. The number of nitrogens with zero attached hydrogens (tertiary/aromatic N) is 2. The SMILES string of the molecule is O=C(Cc1ccc2ccccc2c1)N1CCC[C@H](c2ccccc2)[C@@H]1CN1CCCC1. The largest absolute Gasteiger partial charge is 0.338 e. The average molecular weight is 413 g/mol. The third-order valence-electron chi connectivity index (χ3n) is 7.14. The van der Waals surface area contributed by atoms with Crippen LogP contribution in [0.25, 0.3) is 10.8 Å². The molecule has 0 bridgehead atoms. The van der Waals surface area contributed by atoms with Gasteiger partial charge in [0.25, 0.3) is 0 Å². The molecule has 160 valence electrons. The smallest absolute Gasteiger partial charge is 0.227 e. The minimum absolute atomic E-state index is 0.266. The fourth-order valence-electron chi connectivity index (χ4n) is 5.54. The number of hydrogen-bond donors (Lipinski definition) is 0. The first kappa shape index (κ1) is 20.3. The number of hydrogen-bond acceptors (Lipinski definition) is 2. The highest BCUT2D eigenvalue weighted by Gasteiger charge is 2.36. The molecule has 0 N–H and O–H groups in total. The molecule has 0 aliphatic carbocycles. The van der Waals surface area contributed by atoms with Crippen LogP contribution in [-0.2, 0) is 11.2 Å². The van der Waals surface area contributed by atoms with Crippen molar-refractivity contribution in [1.82, 2.24) is 9.80 Å². The zero-order valence-corrected chi connectivity index (χ0v) is 18.2. The van der Waals surface area contributed by atoms with Crippen LogP contribution in [0.1, 0.15) is 42.7 Å². The van der Waals surface area contributed by atoms with Crippen molar-refractivity contribution >= 4 is 16.7 Å². The zero-order valence-electron chi connectivity index (χ0n) is 18.2. The molecule has 5 rings (SSSR count). The molecule has 31 heavy (non-hydrogen) atoms. The van der Waals surface area contributed by atoms with E-state index < -0.39 is 0 Å². The Morgan fingerprint density at radius 1 is 0.806 bits per heavy atom. The Hall–Kier alpha value is -2.65. The van der Waals surface area contributed by atoms with Crippen LogP contribution in [-0.4, -0.2) is 47.9 Å². The Morgan fingerprint density at radius 2 is 1.55 bits per heavy atom. The van der Waals surface area contributed by atoms with Crippen molar-refractivity contribution < 1.29 is 4.79 Å². The van der Waals surface area contributed by atoms with Gasteiger partial charge in [-0.05, 0) is 60.7 Å². The van der Waals surface area contributed by atoms with Gasteiger partial charge in [0.1, 0.15) is 0 Å². The molecule has 2 atom stereocenters. The van der Waals surface area contributed by atoms with Crippen molar-refractivity contribution in [2.75, 3.05) is 26.2 Å². The summed E-state index contributed by atoms with van der Waals surface area (Å²) in [5.74, 6) is 0.705. The van der Waals surface area contributed by atoms with Gasteiger partial charge in [-0.25, -0.2) is 0 Å². The van der Waals surface area contributed by atoms with Crippen LogP contribution in [0.5, 0.6) is 0 Å². The Bertz CT molecular complexity index is 1030. The molecule has 2 aliphatic rings. The van der Waals surface area contributed by atoms with Crippen molar-refractivity contribution in [2.24, 2.45) is 0 Å². The van der Waals surface area contributed by atoms with Crippen LogP contribution in [0, 0.1) is 0 Å². The summed E-state index contributed by atoms with van der Waals surface area (Å²) in [6.45, 7) is 4.23. The Morgan fingerprint density at radius 3 is 2.35 bits per heavy atom. The number of fused-ring (bicyclic) bond motifs is 1. The molecule has 3 nitrogen and oxygen atoms in total. The van der Waals surface area contributed by atoms with Gasteiger partial charge in [0, 0.05) is 19.0 Å². The summed E-state index contributed by atoms with van der Waals surface area (Å²) < 4.78 is 0. The molecule has 2 heterocycles. The Labute approximate surface area is 185 Å². The monoisotopic (exact) mass is 412 g/mol. The number of carbonyl (C=O) groups excluding carboxylic acids is 1. The molecular weight excluding hydrogens is 380 g/mol. The summed E-state index contributed by atoms with van der Waals surface area (Å²) in [6, 6.07) is 26.0. The lowest BCUT2D eigenvalue weighted by molar-refractivity contribution is -0.135. The fourth-order valence-corrected chi connectivity index (χ4v) is 5.54. The molecule has 0 spiro atoms. The van der Waals surface area contributed by atoms with E-state index in [0.717, 1.165) is 25.1 Å². The maximum absolute atomic E-state index is 13.6. The van der Waals surface area contributed by atoms with Crippen LogP contribution in [0.4, 0.5) is 0 Å². The van der Waals surface area contributed by atoms with Crippen LogP contribution in [0.15, 0.2) is 72.8 Å². The van der Waals surface area contributed by atoms with E-state index in [-0.39, 0.29) is 11.9 Å². The highest BCUT2D eigenvalue weighted by Crippen LogP contribution is 2.34. The summed E-state index contributed by atoms with van der Waals surface area (Å²) in [5, 5.41) is 2.44. The van der Waals surface area contributed by atoms with Gasteiger partial charge < -0.3 is 9.80 Å². The Balaban J connectivity index is 1.39. The number of benzene rings is 3. The van der Waals surface area contributed by atoms with Crippen molar-refractivity contribution in [2.45, 2.75) is 44.1 Å². The van der Waals surface area contributed by atoms with Gasteiger partial charge in [-0.15, -0.1) is 0 Å². The third-order valence-corrected chi connectivity index (χ3v) is 7.14. The molecule has 3 heteroatoms. The van der Waals surface area contributed by atoms with Gasteiger partial charge in [0.15, 0.2) is 0 Å². The zero-order chi connectivity index (χ0) is 21.0. The maximum Gasteiger partial charge on any atom is 0.227 e. The van der Waals surface area contributed by atoms with E-state index in [1.807, 2.05) is 0 Å². The second kappa shape index (κ2) is 9.23. The summed E-state index contributed by atoms with van der Waals surface area (Å²) in [7, 11) is 0. The van der Waals surface area contributed by atoms with Crippen molar-refractivity contribution in [3.8, 4) is 0 Å². The molecule has 3 aromatic rings. The average Bonchev–Trinajstić information content (AvgIpc) is 3.33. The summed E-state index contributed by atoms with van der Waals surface area (Å²) in [4.78, 5) is 18.4. The normalized spacial score (nSPS) is 22.1. The minimum atomic E-state index is 0.266. The summed E-state index contributed by atoms with van der Waals surface area (Å²) in [5.41, 5.74) is 2.50. The molecule has 3 aromatic carbocycles. The van der Waals surface area contributed by atoms with Gasteiger partial charge in [-0.1, -0.05) is 72.8 Å². The van der Waals surface area contributed by atoms with Crippen LogP contribution in [0.3, 0.4) is 0 Å². The second-order valence-electron chi connectivity index (χ2n) is 9.18. The number of likely N-dealkylation sites (tertiary alicyclic amines) is 2. The first-order valence-corrected chi connectivity index (χ1v) is 11.8. The molecule has 0 saturated carbocycles. The van der Waals surface area contributed by atoms with E-state index in [2.05, 4.69) is 82.6 Å².